The maximum absolute atomic E-state index is 13.0. The summed E-state index contributed by atoms with van der Waals surface area (Å²) in [5, 5.41) is 19.3. The number of thioether (sulfide) groups is 1. The van der Waals surface area contributed by atoms with Crippen LogP contribution in [0.4, 0.5) is 10.1 Å². The lowest BCUT2D eigenvalue weighted by Crippen LogP contribution is -2.32. The first-order chi connectivity index (χ1) is 8.41. The fourth-order valence-corrected chi connectivity index (χ4v) is 2.18. The largest absolute Gasteiger partial charge is 0.480 e. The Labute approximate surface area is 106 Å². The Bertz CT molecular complexity index is 469. The molecule has 0 fully saturated rings. The van der Waals surface area contributed by atoms with Crippen LogP contribution in [-0.4, -0.2) is 27.8 Å². The zero-order valence-electron chi connectivity index (χ0n) is 9.21. The van der Waals surface area contributed by atoms with Gasteiger partial charge in [-0.2, -0.15) is 11.8 Å². The molecule has 0 aliphatic heterocycles. The quantitative estimate of drug-likeness (QED) is 0.599. The number of nitrogens with two attached hydrogens (primary N) is 1. The number of carboxylic acids is 1. The second-order valence-corrected chi connectivity index (χ2v) is 4.52. The summed E-state index contributed by atoms with van der Waals surface area (Å²) in [6.45, 7) is 0. The number of aliphatic carboxylic acids is 1. The van der Waals surface area contributed by atoms with Crippen molar-refractivity contribution in [2.75, 3.05) is 5.75 Å². The summed E-state index contributed by atoms with van der Waals surface area (Å²) in [5.41, 5.74) is 5.30. The van der Waals surface area contributed by atoms with E-state index in [1.807, 2.05) is 0 Å². The summed E-state index contributed by atoms with van der Waals surface area (Å²) < 4.78 is 13.0. The monoisotopic (exact) mass is 274 g/mol. The van der Waals surface area contributed by atoms with E-state index in [4.69, 9.17) is 10.8 Å². The molecule has 1 aromatic carbocycles. The topological polar surface area (TPSA) is 106 Å². The van der Waals surface area contributed by atoms with Crippen molar-refractivity contribution in [1.29, 1.82) is 0 Å². The number of hydrogen-bond donors (Lipinski definition) is 2. The van der Waals surface area contributed by atoms with Gasteiger partial charge in [0.2, 0.25) is 0 Å². The van der Waals surface area contributed by atoms with Crippen molar-refractivity contribution in [3.63, 3.8) is 0 Å². The molecule has 98 valence electrons. The van der Waals surface area contributed by atoms with Gasteiger partial charge >= 0.3 is 5.97 Å². The first-order valence-corrected chi connectivity index (χ1v) is 6.06. The Balaban J connectivity index is 2.69. The maximum Gasteiger partial charge on any atom is 0.321 e. The summed E-state index contributed by atoms with van der Waals surface area (Å²) in [7, 11) is 0. The van der Waals surface area contributed by atoms with E-state index in [1.54, 1.807) is 0 Å². The predicted octanol–water partition coefficient (Wildman–Crippen LogP) is 1.38. The fraction of sp³-hybridized carbons (Fsp3) is 0.300. The predicted molar refractivity (Wildman–Crippen MR) is 64.8 cm³/mol. The lowest BCUT2D eigenvalue weighted by Gasteiger charge is -2.06. The first kappa shape index (κ1) is 14.4. The minimum Gasteiger partial charge on any atom is -0.480 e. The van der Waals surface area contributed by atoms with Gasteiger partial charge in [-0.25, -0.2) is 4.39 Å². The van der Waals surface area contributed by atoms with E-state index < -0.39 is 22.8 Å². The average Bonchev–Trinajstić information content (AvgIpc) is 2.28. The van der Waals surface area contributed by atoms with Gasteiger partial charge in [0.1, 0.15) is 11.9 Å². The van der Waals surface area contributed by atoms with Crippen LogP contribution < -0.4 is 5.73 Å². The molecule has 1 atom stereocenters. The third kappa shape index (κ3) is 3.97. The van der Waals surface area contributed by atoms with Crippen molar-refractivity contribution in [3.8, 4) is 0 Å². The molecule has 3 N–H and O–H groups in total. The molecule has 1 aromatic rings. The number of rotatable bonds is 6. The molecule has 8 heteroatoms. The number of hydrogen-bond acceptors (Lipinski definition) is 5. The molecule has 18 heavy (non-hydrogen) atoms. The molecule has 0 amide bonds. The number of benzene rings is 1. The number of nitro benzene ring substituents is 1. The highest BCUT2D eigenvalue weighted by Gasteiger charge is 2.16. The first-order valence-electron chi connectivity index (χ1n) is 4.90. The molecular formula is C10H11FN2O4S. The van der Waals surface area contributed by atoms with Crippen LogP contribution in [0.25, 0.3) is 0 Å². The molecule has 0 spiro atoms. The summed E-state index contributed by atoms with van der Waals surface area (Å²) in [6.07, 6.45) is 0. The van der Waals surface area contributed by atoms with Gasteiger partial charge in [-0.1, -0.05) is 0 Å². The van der Waals surface area contributed by atoms with Gasteiger partial charge in [0.15, 0.2) is 0 Å². The summed E-state index contributed by atoms with van der Waals surface area (Å²) in [6, 6.07) is 2.12. The number of carboxylic acid groups (broad SMARTS) is 1. The second kappa shape index (κ2) is 6.31. The van der Waals surface area contributed by atoms with Gasteiger partial charge in [0, 0.05) is 23.1 Å². The Morgan fingerprint density at radius 3 is 2.83 bits per heavy atom. The Kier molecular flexibility index (Phi) is 5.05. The van der Waals surface area contributed by atoms with Crippen molar-refractivity contribution in [2.45, 2.75) is 11.8 Å². The number of nitrogens with zero attached hydrogens (tertiary/aromatic N) is 1. The number of carbonyl (C=O) groups is 1. The Morgan fingerprint density at radius 2 is 2.28 bits per heavy atom. The second-order valence-electron chi connectivity index (χ2n) is 3.49. The van der Waals surface area contributed by atoms with Crippen molar-refractivity contribution in [3.05, 3.63) is 39.7 Å². The molecule has 0 saturated heterocycles. The van der Waals surface area contributed by atoms with Crippen molar-refractivity contribution in [1.82, 2.24) is 0 Å². The molecule has 0 heterocycles. The summed E-state index contributed by atoms with van der Waals surface area (Å²) >= 11 is 1.11. The van der Waals surface area contributed by atoms with E-state index >= 15 is 0 Å². The number of nitro groups is 1. The van der Waals surface area contributed by atoms with Gasteiger partial charge in [-0.05, 0) is 12.1 Å². The number of halogens is 1. The van der Waals surface area contributed by atoms with Crippen molar-refractivity contribution in [2.24, 2.45) is 5.73 Å². The van der Waals surface area contributed by atoms with E-state index in [0.717, 1.165) is 30.0 Å². The van der Waals surface area contributed by atoms with Gasteiger partial charge in [0.05, 0.1) is 4.92 Å². The zero-order chi connectivity index (χ0) is 13.7. The molecule has 0 aromatic heterocycles. The molecule has 1 unspecified atom stereocenters. The van der Waals surface area contributed by atoms with E-state index in [9.17, 15) is 19.3 Å². The molecular weight excluding hydrogens is 263 g/mol. The highest BCUT2D eigenvalue weighted by atomic mass is 32.2. The normalized spacial score (nSPS) is 12.1. The highest BCUT2D eigenvalue weighted by molar-refractivity contribution is 7.98. The Hall–Kier alpha value is -1.67. The van der Waals surface area contributed by atoms with Crippen LogP contribution in [0.15, 0.2) is 18.2 Å². The van der Waals surface area contributed by atoms with E-state index in [2.05, 4.69) is 0 Å². The van der Waals surface area contributed by atoms with Crippen LogP contribution in [0, 0.1) is 15.9 Å². The van der Waals surface area contributed by atoms with E-state index in [0.29, 0.717) is 0 Å². The molecule has 0 aliphatic carbocycles. The van der Waals surface area contributed by atoms with Crippen LogP contribution in [-0.2, 0) is 10.5 Å². The third-order valence-electron chi connectivity index (χ3n) is 2.11. The molecule has 0 saturated carbocycles. The summed E-state index contributed by atoms with van der Waals surface area (Å²) in [4.78, 5) is 20.6. The highest BCUT2D eigenvalue weighted by Crippen LogP contribution is 2.24. The van der Waals surface area contributed by atoms with E-state index in [-0.39, 0.29) is 22.8 Å². The summed E-state index contributed by atoms with van der Waals surface area (Å²) in [5.74, 6) is -1.48. The maximum atomic E-state index is 13.0. The molecule has 0 radical (unpaired) electrons. The van der Waals surface area contributed by atoms with Crippen LogP contribution >= 0.6 is 11.8 Å². The zero-order valence-corrected chi connectivity index (χ0v) is 10.0. The van der Waals surface area contributed by atoms with Crippen LogP contribution in [0.3, 0.4) is 0 Å². The average molecular weight is 274 g/mol. The van der Waals surface area contributed by atoms with Gasteiger partial charge < -0.3 is 10.8 Å². The van der Waals surface area contributed by atoms with Crippen molar-refractivity contribution >= 4 is 23.4 Å². The Morgan fingerprint density at radius 1 is 1.61 bits per heavy atom. The lowest BCUT2D eigenvalue weighted by atomic mass is 10.2. The minimum atomic E-state index is -1.14. The molecule has 1 rings (SSSR count). The fourth-order valence-electron chi connectivity index (χ4n) is 1.21. The van der Waals surface area contributed by atoms with Gasteiger partial charge in [-0.3, -0.25) is 14.9 Å². The van der Waals surface area contributed by atoms with Crippen LogP contribution in [0.1, 0.15) is 5.56 Å². The van der Waals surface area contributed by atoms with Crippen LogP contribution in [0.2, 0.25) is 0 Å². The third-order valence-corrected chi connectivity index (χ3v) is 3.22. The minimum absolute atomic E-state index is 0.100. The van der Waals surface area contributed by atoms with E-state index in [1.165, 1.54) is 0 Å². The van der Waals surface area contributed by atoms with Gasteiger partial charge in [0.25, 0.3) is 5.69 Å². The lowest BCUT2D eigenvalue weighted by molar-refractivity contribution is -0.385. The smallest absolute Gasteiger partial charge is 0.321 e. The standard InChI is InChI=1S/C10H11FN2O4S/c11-7-1-2-9(13(16)17)6(3-7)4-18-5-8(12)10(14)15/h1-3,8H,4-5,12H2,(H,14,15). The van der Waals surface area contributed by atoms with Gasteiger partial charge in [-0.15, -0.1) is 0 Å². The molecule has 6 nitrogen and oxygen atoms in total. The van der Waals surface area contributed by atoms with Crippen LogP contribution in [0.5, 0.6) is 0 Å². The van der Waals surface area contributed by atoms with Crippen molar-refractivity contribution < 1.29 is 19.2 Å². The molecule has 0 aliphatic rings. The molecule has 0 bridgehead atoms. The SMILES string of the molecule is NC(CSCc1cc(F)ccc1[N+](=O)[O-])C(=O)O.